The summed E-state index contributed by atoms with van der Waals surface area (Å²) >= 11 is 0. The first kappa shape index (κ1) is 25.0. The van der Waals surface area contributed by atoms with Crippen molar-refractivity contribution in [1.29, 1.82) is 0 Å². The highest BCUT2D eigenvalue weighted by Crippen LogP contribution is 2.25. The number of hydrogen-bond acceptors (Lipinski definition) is 5. The molecule has 3 atom stereocenters. The van der Waals surface area contributed by atoms with Gasteiger partial charge in [0.25, 0.3) is 0 Å². The number of rotatable bonds is 10. The van der Waals surface area contributed by atoms with Gasteiger partial charge in [0.05, 0.1) is 24.4 Å². The molecule has 2 N–H and O–H groups in total. The molecule has 0 bridgehead atoms. The first-order valence-corrected chi connectivity index (χ1v) is 11.6. The average molecular weight is 457 g/mol. The Balaban J connectivity index is 1.48. The number of aliphatic carboxylic acids is 1. The highest BCUT2D eigenvalue weighted by Gasteiger charge is 2.27. The number of aryl methyl sites for hydroxylation is 2. The number of aromatic amines is 1. The summed E-state index contributed by atoms with van der Waals surface area (Å²) in [5.41, 5.74) is 3.10. The third-order valence-corrected chi connectivity index (χ3v) is 5.68. The summed E-state index contributed by atoms with van der Waals surface area (Å²) in [6.07, 6.45) is 3.23. The quantitative estimate of drug-likeness (QED) is 0.541. The lowest BCUT2D eigenvalue weighted by atomic mass is 9.95. The van der Waals surface area contributed by atoms with Gasteiger partial charge in [-0.05, 0) is 44.7 Å². The van der Waals surface area contributed by atoms with Gasteiger partial charge in [-0.15, -0.1) is 5.92 Å². The molecule has 3 rings (SSSR count). The second-order valence-corrected chi connectivity index (χ2v) is 8.36. The number of oxazole rings is 1. The topological polar surface area (TPSA) is 92.3 Å². The fourth-order valence-electron chi connectivity index (χ4n) is 3.86. The van der Waals surface area contributed by atoms with Crippen LogP contribution in [0.4, 0.5) is 0 Å². The maximum absolute atomic E-state index is 11.4. The van der Waals surface area contributed by atoms with Crippen molar-refractivity contribution in [1.82, 2.24) is 0 Å². The molecule has 7 heteroatoms. The highest BCUT2D eigenvalue weighted by atomic mass is 16.6. The monoisotopic (exact) mass is 456 g/mol. The molecule has 1 aromatic heterocycles. The normalized spacial score (nSPS) is 19.0. The lowest BCUT2D eigenvalue weighted by molar-refractivity contribution is -0.387. The lowest BCUT2D eigenvalue weighted by Crippen LogP contribution is -2.34. The van der Waals surface area contributed by atoms with Gasteiger partial charge < -0.3 is 23.7 Å². The van der Waals surface area contributed by atoms with Crippen molar-refractivity contribution in [3.05, 3.63) is 41.3 Å². The highest BCUT2D eigenvalue weighted by molar-refractivity contribution is 5.72. The number of carboxylic acids is 1. The molecule has 33 heavy (non-hydrogen) atoms. The summed E-state index contributed by atoms with van der Waals surface area (Å²) in [5.74, 6) is 6.16. The van der Waals surface area contributed by atoms with E-state index in [1.54, 1.807) is 0 Å². The Kier molecular flexibility index (Phi) is 9.49. The van der Waals surface area contributed by atoms with E-state index in [1.165, 1.54) is 5.56 Å². The Morgan fingerprint density at radius 2 is 2.03 bits per heavy atom. The summed E-state index contributed by atoms with van der Waals surface area (Å²) < 4.78 is 23.3. The molecular weight excluding hydrogens is 422 g/mol. The largest absolute Gasteiger partial charge is 0.479 e. The Hall–Kier alpha value is -2.66. The molecule has 0 spiro atoms. The van der Waals surface area contributed by atoms with Crippen molar-refractivity contribution in [3.63, 3.8) is 0 Å². The molecule has 1 heterocycles. The zero-order chi connectivity index (χ0) is 23.6. The molecule has 1 fully saturated rings. The fraction of sp³-hybridized carbons (Fsp3) is 0.538. The van der Waals surface area contributed by atoms with Crippen LogP contribution < -0.4 is 4.98 Å². The third kappa shape index (κ3) is 7.71. The van der Waals surface area contributed by atoms with Gasteiger partial charge in [0.2, 0.25) is 5.69 Å². The lowest BCUT2D eigenvalue weighted by Gasteiger charge is -2.29. The summed E-state index contributed by atoms with van der Waals surface area (Å²) in [4.78, 5) is 14.8. The van der Waals surface area contributed by atoms with Crippen LogP contribution in [0.1, 0.15) is 56.0 Å². The van der Waals surface area contributed by atoms with Gasteiger partial charge in [0.1, 0.15) is 13.2 Å². The van der Waals surface area contributed by atoms with Crippen LogP contribution in [0.2, 0.25) is 0 Å². The van der Waals surface area contributed by atoms with E-state index in [1.807, 2.05) is 26.0 Å². The van der Waals surface area contributed by atoms with Crippen LogP contribution in [-0.4, -0.2) is 42.6 Å². The predicted molar refractivity (Wildman–Crippen MR) is 122 cm³/mol. The molecule has 0 amide bonds. The van der Waals surface area contributed by atoms with Gasteiger partial charge in [-0.25, -0.2) is 4.79 Å². The van der Waals surface area contributed by atoms with Crippen LogP contribution in [0, 0.1) is 25.7 Å². The van der Waals surface area contributed by atoms with E-state index >= 15 is 0 Å². The number of carboxylic acid groups (broad SMARTS) is 1. The second kappa shape index (κ2) is 12.5. The number of ether oxygens (including phenoxy) is 3. The molecule has 0 aliphatic heterocycles. The molecule has 2 aromatic rings. The molecule has 1 aliphatic rings. The van der Waals surface area contributed by atoms with Gasteiger partial charge in [-0.2, -0.15) is 4.98 Å². The number of carbonyl (C=O) groups is 1. The number of hydrogen-bond donors (Lipinski definition) is 1. The van der Waals surface area contributed by atoms with Crippen molar-refractivity contribution in [2.24, 2.45) is 0 Å². The Morgan fingerprint density at radius 1 is 1.24 bits per heavy atom. The minimum atomic E-state index is -1.03. The van der Waals surface area contributed by atoms with E-state index in [9.17, 15) is 9.90 Å². The van der Waals surface area contributed by atoms with Crippen molar-refractivity contribution < 1.29 is 33.5 Å². The summed E-state index contributed by atoms with van der Waals surface area (Å²) in [5, 5.41) is 9.36. The zero-order valence-electron chi connectivity index (χ0n) is 19.7. The van der Waals surface area contributed by atoms with Gasteiger partial charge in [-0.1, -0.05) is 30.5 Å². The Labute approximate surface area is 195 Å². The van der Waals surface area contributed by atoms with E-state index in [4.69, 9.17) is 18.6 Å². The van der Waals surface area contributed by atoms with E-state index in [0.29, 0.717) is 13.0 Å². The van der Waals surface area contributed by atoms with E-state index < -0.39 is 12.1 Å². The number of aromatic nitrogens is 1. The van der Waals surface area contributed by atoms with E-state index in [-0.39, 0.29) is 25.4 Å². The molecule has 178 valence electrons. The number of nitrogens with one attached hydrogen (secondary N) is 1. The van der Waals surface area contributed by atoms with Crippen LogP contribution in [0.5, 0.6) is 0 Å². The van der Waals surface area contributed by atoms with Crippen molar-refractivity contribution in [2.75, 3.05) is 13.2 Å². The standard InChI is InChI=1S/C26H33NO6/c1-4-5-6-13-30-24(26(28)29)17-32-22-12-8-11-21(15-22)31-16-23-19(3)33-25(27-23)20-10-7-9-18(2)14-20/h7,9-10,14,21-22,24H,4,8,11-13,15-17H2,1-3H3,(H,28,29)/p+1. The summed E-state index contributed by atoms with van der Waals surface area (Å²) in [7, 11) is 0. The fourth-order valence-corrected chi connectivity index (χ4v) is 3.86. The van der Waals surface area contributed by atoms with Gasteiger partial charge in [0.15, 0.2) is 11.9 Å². The van der Waals surface area contributed by atoms with Crippen LogP contribution in [0.15, 0.2) is 28.7 Å². The maximum Gasteiger partial charge on any atom is 0.379 e. The van der Waals surface area contributed by atoms with Gasteiger partial charge in [0, 0.05) is 13.3 Å². The molecule has 3 unspecified atom stereocenters. The van der Waals surface area contributed by atoms with Gasteiger partial charge in [-0.3, -0.25) is 0 Å². The van der Waals surface area contributed by atoms with Gasteiger partial charge >= 0.3 is 11.9 Å². The summed E-state index contributed by atoms with van der Waals surface area (Å²) in [6.45, 7) is 6.44. The number of H-pyrrole nitrogens is 1. The molecule has 0 radical (unpaired) electrons. The Bertz CT molecular complexity index is 973. The molecule has 7 nitrogen and oxygen atoms in total. The third-order valence-electron chi connectivity index (χ3n) is 5.68. The minimum Gasteiger partial charge on any atom is -0.479 e. The minimum absolute atomic E-state index is 0.00892. The number of benzene rings is 1. The summed E-state index contributed by atoms with van der Waals surface area (Å²) in [6, 6.07) is 8.15. The van der Waals surface area contributed by atoms with Crippen LogP contribution >= 0.6 is 0 Å². The molecule has 1 aliphatic carbocycles. The van der Waals surface area contributed by atoms with Crippen LogP contribution in [0.3, 0.4) is 0 Å². The SMILES string of the molecule is CCC#CCOC(COC1CCCC(OCc2[nH+]c(-c3cccc(C)c3)oc2C)C1)C(=O)O. The molecule has 0 saturated heterocycles. The molecule has 1 aromatic carbocycles. The predicted octanol–water partition coefficient (Wildman–Crippen LogP) is 4.11. The van der Waals surface area contributed by atoms with E-state index in [2.05, 4.69) is 35.9 Å². The first-order valence-electron chi connectivity index (χ1n) is 11.6. The zero-order valence-corrected chi connectivity index (χ0v) is 19.7. The van der Waals surface area contributed by atoms with Crippen LogP contribution in [-0.2, 0) is 25.6 Å². The second-order valence-electron chi connectivity index (χ2n) is 8.36. The average Bonchev–Trinajstić information content (AvgIpc) is 3.18. The van der Waals surface area contributed by atoms with Crippen molar-refractivity contribution in [3.8, 4) is 23.3 Å². The molecule has 1 saturated carbocycles. The van der Waals surface area contributed by atoms with Crippen molar-refractivity contribution >= 4 is 5.97 Å². The maximum atomic E-state index is 11.4. The van der Waals surface area contributed by atoms with E-state index in [0.717, 1.165) is 48.6 Å². The Morgan fingerprint density at radius 3 is 2.76 bits per heavy atom. The van der Waals surface area contributed by atoms with Crippen molar-refractivity contribution in [2.45, 2.75) is 77.8 Å². The first-order chi connectivity index (χ1) is 16.0. The van der Waals surface area contributed by atoms with Crippen LogP contribution in [0.25, 0.3) is 11.5 Å². The molecular formula is C26H34NO6+. The smallest absolute Gasteiger partial charge is 0.379 e.